The number of amides is 1. The van der Waals surface area contributed by atoms with E-state index in [1.807, 2.05) is 0 Å². The molecule has 0 atom stereocenters. The number of carbonyl (C=O) groups excluding carboxylic acids is 1. The quantitative estimate of drug-likeness (QED) is 0.636. The lowest BCUT2D eigenvalue weighted by Gasteiger charge is -2.25. The number of anilines is 2. The van der Waals surface area contributed by atoms with Crippen molar-refractivity contribution in [1.29, 1.82) is 0 Å². The van der Waals surface area contributed by atoms with Crippen molar-refractivity contribution in [3.05, 3.63) is 59.4 Å². The molecule has 132 valence electrons. The largest absolute Gasteiger partial charge is 0.449 e. The molecular weight excluding hydrogens is 341 g/mol. The summed E-state index contributed by atoms with van der Waals surface area (Å²) in [4.78, 5) is 14.1. The van der Waals surface area contributed by atoms with Crippen LogP contribution in [0.3, 0.4) is 0 Å². The second-order valence-electron chi connectivity index (χ2n) is 6.37. The van der Waals surface area contributed by atoms with E-state index in [0.29, 0.717) is 28.9 Å². The van der Waals surface area contributed by atoms with Crippen LogP contribution in [-0.2, 0) is 4.74 Å². The Morgan fingerprint density at radius 3 is 2.48 bits per heavy atom. The van der Waals surface area contributed by atoms with Crippen molar-refractivity contribution in [1.82, 2.24) is 0 Å². The van der Waals surface area contributed by atoms with Gasteiger partial charge in [0, 0.05) is 5.02 Å². The van der Waals surface area contributed by atoms with Crippen LogP contribution in [0.5, 0.6) is 0 Å². The molecule has 2 aromatic carbocycles. The summed E-state index contributed by atoms with van der Waals surface area (Å²) in [7, 11) is 0. The average molecular weight is 362 g/mol. The normalized spacial score (nSPS) is 15.0. The Morgan fingerprint density at radius 1 is 1.08 bits per heavy atom. The van der Waals surface area contributed by atoms with E-state index in [-0.39, 0.29) is 0 Å². The number of hydrogen-bond acceptors (Lipinski definition) is 2. The summed E-state index contributed by atoms with van der Waals surface area (Å²) in [5.74, 6) is 0.00817. The number of hydrogen-bond donors (Lipinski definition) is 0. The van der Waals surface area contributed by atoms with Gasteiger partial charge in [-0.2, -0.15) is 0 Å². The molecule has 0 unspecified atom stereocenters. The summed E-state index contributed by atoms with van der Waals surface area (Å²) in [5.41, 5.74) is 1.01. The van der Waals surface area contributed by atoms with Gasteiger partial charge in [-0.15, -0.1) is 0 Å². The molecule has 0 saturated heterocycles. The summed E-state index contributed by atoms with van der Waals surface area (Å²) in [6.45, 7) is 0.401. The molecule has 3 nitrogen and oxygen atoms in total. The zero-order valence-corrected chi connectivity index (χ0v) is 14.7. The van der Waals surface area contributed by atoms with Crippen molar-refractivity contribution in [2.75, 3.05) is 11.5 Å². The van der Waals surface area contributed by atoms with Crippen LogP contribution in [0.4, 0.5) is 20.6 Å². The third-order valence-electron chi connectivity index (χ3n) is 4.50. The van der Waals surface area contributed by atoms with Gasteiger partial charge in [0.05, 0.1) is 18.0 Å². The lowest BCUT2D eigenvalue weighted by Crippen LogP contribution is -2.29. The van der Waals surface area contributed by atoms with Gasteiger partial charge in [-0.3, -0.25) is 0 Å². The zero-order chi connectivity index (χ0) is 17.6. The summed E-state index contributed by atoms with van der Waals surface area (Å²) in [6, 6.07) is 12.7. The molecule has 25 heavy (non-hydrogen) atoms. The highest BCUT2D eigenvalue weighted by molar-refractivity contribution is 6.30. The molecule has 1 aliphatic rings. The number of nitrogens with zero attached hydrogens (tertiary/aromatic N) is 1. The molecule has 0 bridgehead atoms. The lowest BCUT2D eigenvalue weighted by molar-refractivity contribution is 0.124. The number of ether oxygens (including phenoxy) is 1. The smallest absolute Gasteiger partial charge is 0.418 e. The minimum Gasteiger partial charge on any atom is -0.449 e. The van der Waals surface area contributed by atoms with Crippen molar-refractivity contribution in [3.8, 4) is 0 Å². The van der Waals surface area contributed by atoms with Crippen molar-refractivity contribution in [3.63, 3.8) is 0 Å². The van der Waals surface area contributed by atoms with Gasteiger partial charge >= 0.3 is 6.09 Å². The van der Waals surface area contributed by atoms with Gasteiger partial charge in [-0.25, -0.2) is 14.1 Å². The first-order valence-electron chi connectivity index (χ1n) is 8.61. The highest BCUT2D eigenvalue weighted by Gasteiger charge is 2.22. The van der Waals surface area contributed by atoms with Crippen LogP contribution in [0, 0.1) is 11.7 Å². The van der Waals surface area contributed by atoms with Crippen molar-refractivity contribution in [2.24, 2.45) is 5.92 Å². The first kappa shape index (κ1) is 17.7. The molecule has 0 spiro atoms. The molecule has 1 saturated carbocycles. The number of benzene rings is 2. The Labute approximate surface area is 152 Å². The fraction of sp³-hybridized carbons (Fsp3) is 0.350. The van der Waals surface area contributed by atoms with Gasteiger partial charge < -0.3 is 4.74 Å². The Balaban J connectivity index is 1.80. The third-order valence-corrected chi connectivity index (χ3v) is 4.75. The third kappa shape index (κ3) is 4.73. The number of rotatable bonds is 4. The van der Waals surface area contributed by atoms with Gasteiger partial charge in [-0.05, 0) is 61.2 Å². The van der Waals surface area contributed by atoms with E-state index in [1.54, 1.807) is 36.4 Å². The minimum atomic E-state index is -0.501. The molecule has 0 heterocycles. The van der Waals surface area contributed by atoms with Gasteiger partial charge in [0.15, 0.2) is 0 Å². The zero-order valence-electron chi connectivity index (χ0n) is 14.0. The minimum absolute atomic E-state index is 0.401. The molecule has 1 amide bonds. The van der Waals surface area contributed by atoms with Crippen LogP contribution >= 0.6 is 11.6 Å². The van der Waals surface area contributed by atoms with Gasteiger partial charge in [0.2, 0.25) is 0 Å². The van der Waals surface area contributed by atoms with E-state index in [4.69, 9.17) is 16.3 Å². The number of halogens is 2. The van der Waals surface area contributed by atoms with Crippen molar-refractivity contribution < 1.29 is 13.9 Å². The maximum atomic E-state index is 13.6. The van der Waals surface area contributed by atoms with Gasteiger partial charge in [-0.1, -0.05) is 36.9 Å². The lowest BCUT2D eigenvalue weighted by atomic mass is 9.90. The molecule has 2 aromatic rings. The summed E-state index contributed by atoms with van der Waals surface area (Å²) in [6.07, 6.45) is 5.31. The monoisotopic (exact) mass is 361 g/mol. The highest BCUT2D eigenvalue weighted by Crippen LogP contribution is 2.29. The second kappa shape index (κ2) is 8.34. The Morgan fingerprint density at radius 2 is 1.80 bits per heavy atom. The Kier molecular flexibility index (Phi) is 5.92. The average Bonchev–Trinajstić information content (AvgIpc) is 2.63. The first-order valence-corrected chi connectivity index (χ1v) is 8.99. The van der Waals surface area contributed by atoms with E-state index in [0.717, 1.165) is 12.8 Å². The topological polar surface area (TPSA) is 29.5 Å². The maximum Gasteiger partial charge on any atom is 0.418 e. The molecule has 1 aliphatic carbocycles. The van der Waals surface area contributed by atoms with Crippen molar-refractivity contribution >= 4 is 29.1 Å². The van der Waals surface area contributed by atoms with E-state index in [2.05, 4.69) is 0 Å². The summed E-state index contributed by atoms with van der Waals surface area (Å²) >= 11 is 5.94. The Hall–Kier alpha value is -2.07. The van der Waals surface area contributed by atoms with E-state index < -0.39 is 11.9 Å². The van der Waals surface area contributed by atoms with Crippen LogP contribution in [0.2, 0.25) is 5.02 Å². The molecule has 5 heteroatoms. The SMILES string of the molecule is O=C(OCC1CCCCC1)N(c1ccc(Cl)cc1)c1cccc(F)c1. The molecule has 1 fully saturated rings. The second-order valence-corrected chi connectivity index (χ2v) is 6.81. The molecule has 0 aromatic heterocycles. The predicted molar refractivity (Wildman–Crippen MR) is 97.9 cm³/mol. The molecule has 0 aliphatic heterocycles. The van der Waals surface area contributed by atoms with Crippen LogP contribution in [0.15, 0.2) is 48.5 Å². The van der Waals surface area contributed by atoms with E-state index >= 15 is 0 Å². The molecule has 0 N–H and O–H groups in total. The van der Waals surface area contributed by atoms with Crippen LogP contribution < -0.4 is 4.90 Å². The number of carbonyl (C=O) groups is 1. The highest BCUT2D eigenvalue weighted by atomic mass is 35.5. The maximum absolute atomic E-state index is 13.6. The van der Waals surface area contributed by atoms with Crippen LogP contribution in [0.25, 0.3) is 0 Å². The fourth-order valence-corrected chi connectivity index (χ4v) is 3.30. The summed E-state index contributed by atoms with van der Waals surface area (Å²) in [5, 5.41) is 0.568. The standard InChI is InChI=1S/C20H21ClFNO2/c21-16-9-11-18(12-10-16)23(19-8-4-7-17(22)13-19)20(24)25-14-15-5-2-1-3-6-15/h4,7-13,15H,1-3,5-6,14H2. The first-order chi connectivity index (χ1) is 12.1. The predicted octanol–water partition coefficient (Wildman–Crippen LogP) is 6.33. The Bertz CT molecular complexity index is 714. The summed E-state index contributed by atoms with van der Waals surface area (Å²) < 4.78 is 19.2. The van der Waals surface area contributed by atoms with E-state index in [9.17, 15) is 9.18 Å². The van der Waals surface area contributed by atoms with Gasteiger partial charge in [0.25, 0.3) is 0 Å². The molecular formula is C20H21ClFNO2. The van der Waals surface area contributed by atoms with Crippen molar-refractivity contribution in [2.45, 2.75) is 32.1 Å². The van der Waals surface area contributed by atoms with Crippen LogP contribution in [0.1, 0.15) is 32.1 Å². The van der Waals surface area contributed by atoms with Gasteiger partial charge in [0.1, 0.15) is 5.82 Å². The van der Waals surface area contributed by atoms with E-state index in [1.165, 1.54) is 36.3 Å². The van der Waals surface area contributed by atoms with Crippen LogP contribution in [-0.4, -0.2) is 12.7 Å². The molecule has 0 radical (unpaired) electrons. The fourth-order valence-electron chi connectivity index (χ4n) is 3.17. The molecule has 3 rings (SSSR count).